The average Bonchev–Trinajstić information content (AvgIpc) is 2.15. The van der Waals surface area contributed by atoms with Gasteiger partial charge in [-0.15, -0.1) is 0 Å². The van der Waals surface area contributed by atoms with E-state index in [1.807, 2.05) is 0 Å². The zero-order valence-electron chi connectivity index (χ0n) is 5.11. The van der Waals surface area contributed by atoms with Gasteiger partial charge in [0.2, 0.25) is 0 Å². The number of nitrogens with zero attached hydrogens (tertiary/aromatic N) is 1. The van der Waals surface area contributed by atoms with Crippen LogP contribution in [0.3, 0.4) is 0 Å². The first-order valence-corrected chi connectivity index (χ1v) is 3.91. The van der Waals surface area contributed by atoms with E-state index in [2.05, 4.69) is 12.2 Å². The molecule has 0 saturated heterocycles. The Morgan fingerprint density at radius 3 is 3.00 bits per heavy atom. The molecule has 0 aliphatic carbocycles. The standard InChI is InChI=1S/C5H6N2OS2/c6-4(9)3-7-1-2-10-5(7)8/h1-2H,3H2,(H2,6,9). The van der Waals surface area contributed by atoms with Crippen molar-refractivity contribution < 1.29 is 0 Å². The van der Waals surface area contributed by atoms with Crippen LogP contribution in [0.1, 0.15) is 0 Å². The molecule has 0 unspecified atom stereocenters. The molecule has 0 bridgehead atoms. The van der Waals surface area contributed by atoms with E-state index in [0.29, 0.717) is 11.5 Å². The predicted molar refractivity (Wildman–Crippen MR) is 45.4 cm³/mol. The summed E-state index contributed by atoms with van der Waals surface area (Å²) in [5.41, 5.74) is 5.23. The third-order valence-corrected chi connectivity index (χ3v) is 1.79. The monoisotopic (exact) mass is 174 g/mol. The van der Waals surface area contributed by atoms with Gasteiger partial charge in [0.1, 0.15) is 0 Å². The second-order valence-corrected chi connectivity index (χ2v) is 3.14. The van der Waals surface area contributed by atoms with Crippen LogP contribution in [-0.4, -0.2) is 9.56 Å². The molecule has 1 heterocycles. The first kappa shape index (κ1) is 7.43. The summed E-state index contributed by atoms with van der Waals surface area (Å²) in [5.74, 6) is 0. The first-order chi connectivity index (χ1) is 4.70. The molecule has 0 aliphatic heterocycles. The first-order valence-electron chi connectivity index (χ1n) is 2.62. The van der Waals surface area contributed by atoms with Gasteiger partial charge in [0, 0.05) is 11.6 Å². The maximum Gasteiger partial charge on any atom is 0.307 e. The summed E-state index contributed by atoms with van der Waals surface area (Å²) in [5, 5.41) is 1.71. The van der Waals surface area contributed by atoms with Crippen LogP contribution in [0.15, 0.2) is 16.4 Å². The molecular formula is C5H6N2OS2. The number of nitrogens with two attached hydrogens (primary N) is 1. The second-order valence-electron chi connectivity index (χ2n) is 1.76. The maximum atomic E-state index is 10.8. The van der Waals surface area contributed by atoms with Crippen LogP contribution in [0.25, 0.3) is 0 Å². The van der Waals surface area contributed by atoms with Crippen LogP contribution >= 0.6 is 23.6 Å². The third-order valence-electron chi connectivity index (χ3n) is 0.970. The molecule has 0 amide bonds. The van der Waals surface area contributed by atoms with Gasteiger partial charge in [0.05, 0.1) is 11.5 Å². The molecule has 0 radical (unpaired) electrons. The molecule has 0 aromatic carbocycles. The van der Waals surface area contributed by atoms with Crippen molar-refractivity contribution in [2.45, 2.75) is 6.54 Å². The highest BCUT2D eigenvalue weighted by atomic mass is 32.1. The van der Waals surface area contributed by atoms with E-state index in [1.165, 1.54) is 4.57 Å². The van der Waals surface area contributed by atoms with Crippen LogP contribution in [-0.2, 0) is 6.54 Å². The van der Waals surface area contributed by atoms with Gasteiger partial charge in [-0.3, -0.25) is 9.36 Å². The van der Waals surface area contributed by atoms with Gasteiger partial charge in [-0.2, -0.15) is 0 Å². The molecular weight excluding hydrogens is 168 g/mol. The minimum absolute atomic E-state index is 0.0206. The zero-order chi connectivity index (χ0) is 7.56. The van der Waals surface area contributed by atoms with Gasteiger partial charge >= 0.3 is 4.87 Å². The Bertz CT molecular complexity index is 288. The average molecular weight is 174 g/mol. The Morgan fingerprint density at radius 1 is 1.90 bits per heavy atom. The van der Waals surface area contributed by atoms with Gasteiger partial charge in [-0.05, 0) is 0 Å². The summed E-state index contributed by atoms with van der Waals surface area (Å²) < 4.78 is 1.48. The van der Waals surface area contributed by atoms with E-state index in [-0.39, 0.29) is 4.87 Å². The molecule has 0 saturated carbocycles. The fraction of sp³-hybridized carbons (Fsp3) is 0.200. The van der Waals surface area contributed by atoms with Crippen LogP contribution in [0.4, 0.5) is 0 Å². The summed E-state index contributed by atoms with van der Waals surface area (Å²) >= 11 is 5.76. The number of aromatic nitrogens is 1. The summed E-state index contributed by atoms with van der Waals surface area (Å²) in [7, 11) is 0. The lowest BCUT2D eigenvalue weighted by Crippen LogP contribution is -2.22. The fourth-order valence-electron chi connectivity index (χ4n) is 0.576. The van der Waals surface area contributed by atoms with E-state index in [1.54, 1.807) is 11.6 Å². The highest BCUT2D eigenvalue weighted by Gasteiger charge is 1.95. The Labute approximate surface area is 67.1 Å². The topological polar surface area (TPSA) is 48.0 Å². The van der Waals surface area contributed by atoms with Gasteiger partial charge in [0.25, 0.3) is 0 Å². The Kier molecular flexibility index (Phi) is 2.18. The minimum Gasteiger partial charge on any atom is -0.392 e. The van der Waals surface area contributed by atoms with Crippen molar-refractivity contribution in [3.8, 4) is 0 Å². The van der Waals surface area contributed by atoms with Crippen molar-refractivity contribution >= 4 is 28.5 Å². The fourth-order valence-corrected chi connectivity index (χ4v) is 1.30. The Morgan fingerprint density at radius 2 is 2.60 bits per heavy atom. The summed E-state index contributed by atoms with van der Waals surface area (Å²) in [6, 6.07) is 0. The van der Waals surface area contributed by atoms with Crippen molar-refractivity contribution in [3.63, 3.8) is 0 Å². The van der Waals surface area contributed by atoms with Gasteiger partial charge in [0.15, 0.2) is 0 Å². The molecule has 0 fully saturated rings. The molecule has 0 aliphatic rings. The molecule has 3 nitrogen and oxygen atoms in total. The van der Waals surface area contributed by atoms with Crippen molar-refractivity contribution in [2.75, 3.05) is 0 Å². The molecule has 5 heteroatoms. The van der Waals surface area contributed by atoms with E-state index in [4.69, 9.17) is 5.73 Å². The van der Waals surface area contributed by atoms with Gasteiger partial charge in [-0.1, -0.05) is 23.6 Å². The van der Waals surface area contributed by atoms with Crippen LogP contribution in [0.2, 0.25) is 0 Å². The smallest absolute Gasteiger partial charge is 0.307 e. The normalized spacial score (nSPS) is 9.60. The molecule has 2 N–H and O–H groups in total. The summed E-state index contributed by atoms with van der Waals surface area (Å²) in [6.45, 7) is 0.345. The van der Waals surface area contributed by atoms with Crippen molar-refractivity contribution in [3.05, 3.63) is 21.2 Å². The number of thiocarbonyl (C=S) groups is 1. The van der Waals surface area contributed by atoms with E-state index < -0.39 is 0 Å². The number of hydrogen-bond acceptors (Lipinski definition) is 3. The number of thiazole rings is 1. The molecule has 1 aromatic heterocycles. The number of hydrogen-bond donors (Lipinski definition) is 1. The molecule has 1 rings (SSSR count). The second kappa shape index (κ2) is 2.94. The largest absolute Gasteiger partial charge is 0.392 e. The zero-order valence-corrected chi connectivity index (χ0v) is 6.74. The molecule has 54 valence electrons. The third kappa shape index (κ3) is 1.65. The SMILES string of the molecule is NC(=S)Cn1ccsc1=O. The summed E-state index contributed by atoms with van der Waals surface area (Å²) in [6.07, 6.45) is 1.67. The minimum atomic E-state index is -0.0206. The van der Waals surface area contributed by atoms with E-state index in [0.717, 1.165) is 11.3 Å². The Hall–Kier alpha value is -0.680. The lowest BCUT2D eigenvalue weighted by atomic mass is 10.6. The highest BCUT2D eigenvalue weighted by Crippen LogP contribution is 1.88. The molecule has 1 aromatic rings. The van der Waals surface area contributed by atoms with Crippen LogP contribution in [0, 0.1) is 0 Å². The summed E-state index contributed by atoms with van der Waals surface area (Å²) in [4.78, 5) is 11.1. The van der Waals surface area contributed by atoms with Gasteiger partial charge < -0.3 is 5.73 Å². The molecule has 0 atom stereocenters. The quantitative estimate of drug-likeness (QED) is 0.651. The highest BCUT2D eigenvalue weighted by molar-refractivity contribution is 7.80. The molecule has 10 heavy (non-hydrogen) atoms. The number of rotatable bonds is 2. The van der Waals surface area contributed by atoms with E-state index in [9.17, 15) is 4.79 Å². The van der Waals surface area contributed by atoms with E-state index >= 15 is 0 Å². The lowest BCUT2D eigenvalue weighted by Gasteiger charge is -1.95. The van der Waals surface area contributed by atoms with Gasteiger partial charge in [-0.25, -0.2) is 0 Å². The van der Waals surface area contributed by atoms with Crippen LogP contribution < -0.4 is 10.6 Å². The van der Waals surface area contributed by atoms with Crippen molar-refractivity contribution in [2.24, 2.45) is 5.73 Å². The van der Waals surface area contributed by atoms with Crippen LogP contribution in [0.5, 0.6) is 0 Å². The van der Waals surface area contributed by atoms with Crippen molar-refractivity contribution in [1.82, 2.24) is 4.57 Å². The lowest BCUT2D eigenvalue weighted by molar-refractivity contribution is 0.838. The van der Waals surface area contributed by atoms with Crippen molar-refractivity contribution in [1.29, 1.82) is 0 Å². The predicted octanol–water partition coefficient (Wildman–Crippen LogP) is 0.196. The molecule has 0 spiro atoms. The maximum absolute atomic E-state index is 10.8. The Balaban J connectivity index is 2.85.